The normalized spacial score (nSPS) is 12.6. The predicted molar refractivity (Wildman–Crippen MR) is 82.7 cm³/mol. The van der Waals surface area contributed by atoms with Gasteiger partial charge in [-0.05, 0) is 44.2 Å². The van der Waals surface area contributed by atoms with Crippen LogP contribution in [0.3, 0.4) is 0 Å². The number of methoxy groups -OCH3 is 1. The quantitative estimate of drug-likeness (QED) is 0.785. The van der Waals surface area contributed by atoms with E-state index < -0.39 is 6.10 Å². The lowest BCUT2D eigenvalue weighted by molar-refractivity contribution is 0.187. The van der Waals surface area contributed by atoms with Crippen molar-refractivity contribution in [3.05, 3.63) is 64.9 Å². The average Bonchev–Trinajstić information content (AvgIpc) is 2.89. The fourth-order valence-electron chi connectivity index (χ4n) is 2.54. The first kappa shape index (κ1) is 13.7. The monoisotopic (exact) mass is 282 g/mol. The summed E-state index contributed by atoms with van der Waals surface area (Å²) in [4.78, 5) is 0. The number of hydrogen-bond donors (Lipinski definition) is 1. The van der Waals surface area contributed by atoms with Gasteiger partial charge in [0.15, 0.2) is 0 Å². The summed E-state index contributed by atoms with van der Waals surface area (Å²) in [5, 5.41) is 11.6. The first-order valence-electron chi connectivity index (χ1n) is 6.91. The lowest BCUT2D eigenvalue weighted by Crippen LogP contribution is -2.01. The summed E-state index contributed by atoms with van der Waals surface area (Å²) in [5.41, 5.74) is 3.73. The Kier molecular flexibility index (Phi) is 3.43. The van der Waals surface area contributed by atoms with E-state index in [4.69, 9.17) is 9.15 Å². The summed E-state index contributed by atoms with van der Waals surface area (Å²) >= 11 is 0. The zero-order chi connectivity index (χ0) is 15.0. The van der Waals surface area contributed by atoms with Crippen LogP contribution >= 0.6 is 0 Å². The van der Waals surface area contributed by atoms with Gasteiger partial charge in [0.25, 0.3) is 0 Å². The molecule has 0 aliphatic heterocycles. The SMILES string of the molecule is COc1ccc(C)cc1C(O)c1cc2cc(C)ccc2o1. The fourth-order valence-corrected chi connectivity index (χ4v) is 2.54. The molecule has 3 aromatic rings. The number of ether oxygens (including phenoxy) is 1. The number of aliphatic hydroxyl groups is 1. The van der Waals surface area contributed by atoms with Crippen LogP contribution in [0.1, 0.15) is 28.6 Å². The second kappa shape index (κ2) is 5.26. The van der Waals surface area contributed by atoms with Crippen molar-refractivity contribution in [2.24, 2.45) is 0 Å². The predicted octanol–water partition coefficient (Wildman–Crippen LogP) is 4.14. The van der Waals surface area contributed by atoms with E-state index in [9.17, 15) is 5.11 Å². The molecule has 0 aliphatic rings. The molecule has 1 unspecified atom stereocenters. The Labute approximate surface area is 123 Å². The van der Waals surface area contributed by atoms with Crippen LogP contribution in [0.4, 0.5) is 0 Å². The van der Waals surface area contributed by atoms with Crippen LogP contribution in [0.2, 0.25) is 0 Å². The van der Waals surface area contributed by atoms with E-state index in [0.717, 1.165) is 22.1 Å². The van der Waals surface area contributed by atoms with Crippen molar-refractivity contribution < 1.29 is 14.3 Å². The van der Waals surface area contributed by atoms with Crippen molar-refractivity contribution in [2.45, 2.75) is 20.0 Å². The molecule has 3 heteroatoms. The summed E-state index contributed by atoms with van der Waals surface area (Å²) in [5.74, 6) is 1.18. The van der Waals surface area contributed by atoms with Crippen molar-refractivity contribution in [2.75, 3.05) is 7.11 Å². The maximum Gasteiger partial charge on any atom is 0.140 e. The van der Waals surface area contributed by atoms with Crippen LogP contribution in [0.25, 0.3) is 11.0 Å². The molecule has 2 aromatic carbocycles. The summed E-state index contributed by atoms with van der Waals surface area (Å²) in [6, 6.07) is 13.6. The van der Waals surface area contributed by atoms with E-state index in [1.54, 1.807) is 7.11 Å². The molecule has 3 rings (SSSR count). The Bertz CT molecular complexity index is 786. The van der Waals surface area contributed by atoms with Gasteiger partial charge < -0.3 is 14.3 Å². The van der Waals surface area contributed by atoms with E-state index in [2.05, 4.69) is 0 Å². The molecule has 0 spiro atoms. The van der Waals surface area contributed by atoms with Gasteiger partial charge in [0.1, 0.15) is 23.2 Å². The topological polar surface area (TPSA) is 42.6 Å². The van der Waals surface area contributed by atoms with Gasteiger partial charge in [-0.25, -0.2) is 0 Å². The minimum atomic E-state index is -0.840. The van der Waals surface area contributed by atoms with Crippen LogP contribution in [0, 0.1) is 13.8 Å². The molecular formula is C18H18O3. The second-order valence-electron chi connectivity index (χ2n) is 5.34. The van der Waals surface area contributed by atoms with Crippen LogP contribution in [0.15, 0.2) is 46.9 Å². The molecule has 0 radical (unpaired) electrons. The van der Waals surface area contributed by atoms with Crippen molar-refractivity contribution in [1.82, 2.24) is 0 Å². The zero-order valence-corrected chi connectivity index (χ0v) is 12.4. The molecule has 0 amide bonds. The number of aliphatic hydroxyl groups excluding tert-OH is 1. The molecule has 1 atom stereocenters. The zero-order valence-electron chi connectivity index (χ0n) is 12.4. The van der Waals surface area contributed by atoms with E-state index in [1.807, 2.05) is 56.3 Å². The van der Waals surface area contributed by atoms with Gasteiger partial charge in [-0.15, -0.1) is 0 Å². The standard InChI is InChI=1S/C18H18O3/c1-11-4-6-15-13(8-11)10-17(21-15)18(19)14-9-12(2)5-7-16(14)20-3/h4-10,18-19H,1-3H3. The summed E-state index contributed by atoms with van der Waals surface area (Å²) in [6.45, 7) is 4.02. The first-order valence-corrected chi connectivity index (χ1v) is 6.91. The molecule has 0 bridgehead atoms. The number of fused-ring (bicyclic) bond motifs is 1. The molecular weight excluding hydrogens is 264 g/mol. The fraction of sp³-hybridized carbons (Fsp3) is 0.222. The molecule has 108 valence electrons. The minimum Gasteiger partial charge on any atom is -0.496 e. The van der Waals surface area contributed by atoms with Gasteiger partial charge in [0.2, 0.25) is 0 Å². The number of rotatable bonds is 3. The van der Waals surface area contributed by atoms with Gasteiger partial charge in [0.05, 0.1) is 7.11 Å². The molecule has 0 fully saturated rings. The summed E-state index contributed by atoms with van der Waals surface area (Å²) < 4.78 is 11.1. The van der Waals surface area contributed by atoms with Crippen LogP contribution < -0.4 is 4.74 Å². The Balaban J connectivity index is 2.07. The van der Waals surface area contributed by atoms with Crippen molar-refractivity contribution >= 4 is 11.0 Å². The van der Waals surface area contributed by atoms with Crippen LogP contribution in [-0.4, -0.2) is 12.2 Å². The Morgan fingerprint density at radius 1 is 1.00 bits per heavy atom. The van der Waals surface area contributed by atoms with Crippen molar-refractivity contribution in [3.8, 4) is 5.75 Å². The second-order valence-corrected chi connectivity index (χ2v) is 5.34. The lowest BCUT2D eigenvalue weighted by atomic mass is 10.0. The maximum absolute atomic E-state index is 10.6. The molecule has 0 aliphatic carbocycles. The van der Waals surface area contributed by atoms with E-state index >= 15 is 0 Å². The van der Waals surface area contributed by atoms with Crippen LogP contribution in [-0.2, 0) is 0 Å². The highest BCUT2D eigenvalue weighted by atomic mass is 16.5. The Morgan fingerprint density at radius 3 is 2.48 bits per heavy atom. The van der Waals surface area contributed by atoms with Gasteiger partial charge in [-0.3, -0.25) is 0 Å². The molecule has 3 nitrogen and oxygen atoms in total. The number of aryl methyl sites for hydroxylation is 2. The highest BCUT2D eigenvalue weighted by molar-refractivity contribution is 5.79. The highest BCUT2D eigenvalue weighted by Gasteiger charge is 2.19. The van der Waals surface area contributed by atoms with Crippen molar-refractivity contribution in [1.29, 1.82) is 0 Å². The Morgan fingerprint density at radius 2 is 1.71 bits per heavy atom. The lowest BCUT2D eigenvalue weighted by Gasteiger charge is -2.13. The third-order valence-corrected chi connectivity index (χ3v) is 3.64. The van der Waals surface area contributed by atoms with Gasteiger partial charge in [-0.1, -0.05) is 23.3 Å². The molecule has 1 aromatic heterocycles. The van der Waals surface area contributed by atoms with E-state index in [0.29, 0.717) is 17.1 Å². The molecule has 0 saturated carbocycles. The highest BCUT2D eigenvalue weighted by Crippen LogP contribution is 2.33. The molecule has 1 heterocycles. The third kappa shape index (κ3) is 2.52. The van der Waals surface area contributed by atoms with E-state index in [1.165, 1.54) is 0 Å². The number of benzene rings is 2. The Hall–Kier alpha value is -2.26. The minimum absolute atomic E-state index is 0.527. The van der Waals surface area contributed by atoms with E-state index in [-0.39, 0.29) is 0 Å². The smallest absolute Gasteiger partial charge is 0.140 e. The summed E-state index contributed by atoms with van der Waals surface area (Å²) in [7, 11) is 1.60. The average molecular weight is 282 g/mol. The molecule has 1 N–H and O–H groups in total. The first-order chi connectivity index (χ1) is 10.1. The maximum atomic E-state index is 10.6. The van der Waals surface area contributed by atoms with Crippen molar-refractivity contribution in [3.63, 3.8) is 0 Å². The third-order valence-electron chi connectivity index (χ3n) is 3.64. The summed E-state index contributed by atoms with van der Waals surface area (Å²) in [6.07, 6.45) is -0.840. The van der Waals surface area contributed by atoms with Gasteiger partial charge in [0, 0.05) is 10.9 Å². The molecule has 0 saturated heterocycles. The largest absolute Gasteiger partial charge is 0.496 e. The number of furan rings is 1. The van der Waals surface area contributed by atoms with Crippen LogP contribution in [0.5, 0.6) is 5.75 Å². The molecule has 21 heavy (non-hydrogen) atoms. The number of hydrogen-bond acceptors (Lipinski definition) is 3. The van der Waals surface area contributed by atoms with Gasteiger partial charge >= 0.3 is 0 Å². The van der Waals surface area contributed by atoms with Gasteiger partial charge in [-0.2, -0.15) is 0 Å².